The zero-order chi connectivity index (χ0) is 22.5. The lowest BCUT2D eigenvalue weighted by Gasteiger charge is -2.11. The van der Waals surface area contributed by atoms with E-state index in [4.69, 9.17) is 5.73 Å². The molecule has 31 heavy (non-hydrogen) atoms. The van der Waals surface area contributed by atoms with Crippen LogP contribution < -0.4 is 5.73 Å². The number of nitrogens with two attached hydrogens (primary N) is 1. The first-order valence-electron chi connectivity index (χ1n) is 9.49. The second-order valence-corrected chi connectivity index (χ2v) is 9.53. The second kappa shape index (κ2) is 7.44. The highest BCUT2D eigenvalue weighted by atomic mass is 32.2. The Kier molecular flexibility index (Phi) is 5.03. The molecule has 0 amide bonds. The minimum Gasteiger partial charge on any atom is -0.389 e. The van der Waals surface area contributed by atoms with Crippen LogP contribution in [0.25, 0.3) is 28.2 Å². The fourth-order valence-corrected chi connectivity index (χ4v) is 4.09. The number of halogens is 1. The molecule has 0 aliphatic rings. The van der Waals surface area contributed by atoms with Crippen molar-refractivity contribution in [2.24, 2.45) is 0 Å². The molecule has 7 nitrogen and oxygen atoms in total. The summed E-state index contributed by atoms with van der Waals surface area (Å²) in [5.41, 5.74) is 9.55. The van der Waals surface area contributed by atoms with Crippen LogP contribution in [0, 0.1) is 12.7 Å². The largest absolute Gasteiger partial charge is 0.389 e. The van der Waals surface area contributed by atoms with Gasteiger partial charge in [-0.15, -0.1) is 0 Å². The van der Waals surface area contributed by atoms with Crippen molar-refractivity contribution in [3.05, 3.63) is 65.7 Å². The zero-order valence-corrected chi connectivity index (χ0v) is 18.0. The minimum atomic E-state index is -3.40. The van der Waals surface area contributed by atoms with Crippen molar-refractivity contribution in [1.82, 2.24) is 14.4 Å². The third-order valence-electron chi connectivity index (χ3n) is 5.18. The maximum Gasteiger partial charge on any atom is 0.180 e. The van der Waals surface area contributed by atoms with Gasteiger partial charge in [-0.1, -0.05) is 12.1 Å². The fourth-order valence-electron chi connectivity index (χ4n) is 3.45. The van der Waals surface area contributed by atoms with E-state index in [0.717, 1.165) is 11.8 Å². The standard InChI is InChI=1S/C22H21FN4O3S/c1-12-4-6-15(31(3,29)30)9-17(12)20-10-25-22-21(24)26-19(11-27(20)22)16-7-5-14(13(2)28)8-18(16)23/h4-11,13,28H,1-3H3,(H2,24,26). The zero-order valence-electron chi connectivity index (χ0n) is 17.2. The molecule has 0 saturated heterocycles. The van der Waals surface area contributed by atoms with Gasteiger partial charge < -0.3 is 10.8 Å². The Bertz CT molecular complexity index is 1430. The molecule has 160 valence electrons. The van der Waals surface area contributed by atoms with Gasteiger partial charge in [0, 0.05) is 23.6 Å². The molecule has 0 radical (unpaired) electrons. The molecule has 9 heteroatoms. The van der Waals surface area contributed by atoms with Gasteiger partial charge >= 0.3 is 0 Å². The molecule has 0 spiro atoms. The van der Waals surface area contributed by atoms with Gasteiger partial charge in [0.2, 0.25) is 0 Å². The lowest BCUT2D eigenvalue weighted by Crippen LogP contribution is -2.02. The van der Waals surface area contributed by atoms with E-state index >= 15 is 0 Å². The van der Waals surface area contributed by atoms with E-state index < -0.39 is 21.8 Å². The van der Waals surface area contributed by atoms with Crippen LogP contribution in [0.1, 0.15) is 24.2 Å². The first kappa shape index (κ1) is 21.0. The van der Waals surface area contributed by atoms with Gasteiger partial charge in [0.05, 0.1) is 28.6 Å². The van der Waals surface area contributed by atoms with Gasteiger partial charge in [-0.25, -0.2) is 22.8 Å². The molecule has 2 aromatic heterocycles. The number of hydrogen-bond acceptors (Lipinski definition) is 6. The molecule has 1 unspecified atom stereocenters. The summed E-state index contributed by atoms with van der Waals surface area (Å²) in [6.45, 7) is 3.42. The molecule has 2 heterocycles. The van der Waals surface area contributed by atoms with Gasteiger partial charge in [-0.2, -0.15) is 0 Å². The Labute approximate surface area is 178 Å². The summed E-state index contributed by atoms with van der Waals surface area (Å²) in [4.78, 5) is 8.80. The summed E-state index contributed by atoms with van der Waals surface area (Å²) in [7, 11) is -3.40. The number of hydrogen-bond donors (Lipinski definition) is 2. The van der Waals surface area contributed by atoms with Gasteiger partial charge in [-0.3, -0.25) is 4.40 Å². The van der Waals surface area contributed by atoms with E-state index in [0.29, 0.717) is 22.5 Å². The highest BCUT2D eigenvalue weighted by Gasteiger charge is 2.18. The number of sulfone groups is 1. The molecule has 2 aromatic carbocycles. The molecule has 0 aliphatic carbocycles. The minimum absolute atomic E-state index is 0.111. The van der Waals surface area contributed by atoms with Crippen LogP contribution in [-0.4, -0.2) is 34.1 Å². The van der Waals surface area contributed by atoms with Crippen LogP contribution >= 0.6 is 0 Å². The summed E-state index contributed by atoms with van der Waals surface area (Å²) in [5, 5.41) is 9.68. The van der Waals surface area contributed by atoms with Crippen LogP contribution in [-0.2, 0) is 9.84 Å². The van der Waals surface area contributed by atoms with Crippen LogP contribution in [0.15, 0.2) is 53.7 Å². The van der Waals surface area contributed by atoms with Crippen LogP contribution in [0.4, 0.5) is 10.2 Å². The molecule has 3 N–H and O–H groups in total. The van der Waals surface area contributed by atoms with Crippen molar-refractivity contribution in [1.29, 1.82) is 0 Å². The maximum absolute atomic E-state index is 14.7. The van der Waals surface area contributed by atoms with Crippen molar-refractivity contribution >= 4 is 21.3 Å². The van der Waals surface area contributed by atoms with E-state index in [9.17, 15) is 17.9 Å². The Morgan fingerprint density at radius 3 is 2.55 bits per heavy atom. The molecule has 0 fully saturated rings. The normalized spacial score (nSPS) is 12.9. The summed E-state index contributed by atoms with van der Waals surface area (Å²) in [6.07, 6.45) is 3.55. The van der Waals surface area contributed by atoms with E-state index in [2.05, 4.69) is 9.97 Å². The number of anilines is 1. The predicted molar refractivity (Wildman–Crippen MR) is 117 cm³/mol. The number of rotatable bonds is 4. The number of fused-ring (bicyclic) bond motifs is 1. The van der Waals surface area contributed by atoms with Gasteiger partial charge in [0.1, 0.15) is 5.82 Å². The number of nitrogen functional groups attached to an aromatic ring is 1. The van der Waals surface area contributed by atoms with E-state index in [-0.39, 0.29) is 22.0 Å². The molecule has 4 aromatic rings. The van der Waals surface area contributed by atoms with E-state index in [1.807, 2.05) is 6.92 Å². The number of aryl methyl sites for hydroxylation is 1. The highest BCUT2D eigenvalue weighted by Crippen LogP contribution is 2.31. The molecular formula is C22H21FN4O3S. The fraction of sp³-hybridized carbons (Fsp3) is 0.182. The summed E-state index contributed by atoms with van der Waals surface area (Å²) < 4.78 is 40.5. The van der Waals surface area contributed by atoms with Crippen molar-refractivity contribution < 1.29 is 17.9 Å². The quantitative estimate of drug-likeness (QED) is 0.502. The van der Waals surface area contributed by atoms with E-state index in [1.54, 1.807) is 48.0 Å². The van der Waals surface area contributed by atoms with Gasteiger partial charge in [-0.05, 0) is 49.2 Å². The third-order valence-corrected chi connectivity index (χ3v) is 6.29. The molecular weight excluding hydrogens is 419 g/mol. The maximum atomic E-state index is 14.7. The van der Waals surface area contributed by atoms with Crippen LogP contribution in [0.2, 0.25) is 0 Å². The molecule has 0 aliphatic heterocycles. The molecule has 4 rings (SSSR count). The number of aliphatic hydroxyl groups excluding tert-OH is 1. The molecule has 1 atom stereocenters. The third kappa shape index (κ3) is 3.77. The SMILES string of the molecule is Cc1ccc(S(C)(=O)=O)cc1-c1cnc2c(N)nc(-c3ccc(C(C)O)cc3F)cn12. The number of aromatic nitrogens is 3. The van der Waals surface area contributed by atoms with Crippen LogP contribution in [0.5, 0.6) is 0 Å². The monoisotopic (exact) mass is 440 g/mol. The topological polar surface area (TPSA) is 111 Å². The number of aliphatic hydroxyl groups is 1. The Hall–Kier alpha value is -3.30. The highest BCUT2D eigenvalue weighted by molar-refractivity contribution is 7.90. The average Bonchev–Trinajstić information content (AvgIpc) is 3.11. The number of nitrogens with zero attached hydrogens (tertiary/aromatic N) is 3. The Balaban J connectivity index is 1.93. The Morgan fingerprint density at radius 1 is 1.16 bits per heavy atom. The first-order valence-corrected chi connectivity index (χ1v) is 11.4. The Morgan fingerprint density at radius 2 is 1.90 bits per heavy atom. The summed E-state index contributed by atoms with van der Waals surface area (Å²) in [6, 6.07) is 9.29. The van der Waals surface area contributed by atoms with Gasteiger partial charge in [0.25, 0.3) is 0 Å². The average molecular weight is 441 g/mol. The van der Waals surface area contributed by atoms with E-state index in [1.165, 1.54) is 12.1 Å². The van der Waals surface area contributed by atoms with Gasteiger partial charge in [0.15, 0.2) is 21.3 Å². The second-order valence-electron chi connectivity index (χ2n) is 7.51. The number of benzene rings is 2. The lowest BCUT2D eigenvalue weighted by atomic mass is 10.0. The smallest absolute Gasteiger partial charge is 0.180 e. The predicted octanol–water partition coefficient (Wildman–Crippen LogP) is 3.55. The molecule has 0 bridgehead atoms. The lowest BCUT2D eigenvalue weighted by molar-refractivity contribution is 0.199. The first-order chi connectivity index (χ1) is 14.6. The summed E-state index contributed by atoms with van der Waals surface area (Å²) in [5.74, 6) is -0.429. The van der Waals surface area contributed by atoms with Crippen molar-refractivity contribution in [3.63, 3.8) is 0 Å². The van der Waals surface area contributed by atoms with Crippen molar-refractivity contribution in [2.45, 2.75) is 24.8 Å². The van der Waals surface area contributed by atoms with Crippen molar-refractivity contribution in [2.75, 3.05) is 12.0 Å². The van der Waals surface area contributed by atoms with Crippen molar-refractivity contribution in [3.8, 4) is 22.5 Å². The van der Waals surface area contributed by atoms with Crippen LogP contribution in [0.3, 0.4) is 0 Å². The molecule has 0 saturated carbocycles. The summed E-state index contributed by atoms with van der Waals surface area (Å²) >= 11 is 0. The number of imidazole rings is 1.